The molecule has 0 fully saturated rings. The smallest absolute Gasteiger partial charge is 0.289 e. The van der Waals surface area contributed by atoms with Crippen LogP contribution >= 0.6 is 11.6 Å². The Bertz CT molecular complexity index is 1250. The first kappa shape index (κ1) is 21.1. The fourth-order valence-corrected chi connectivity index (χ4v) is 3.02. The quantitative estimate of drug-likeness (QED) is 0.281. The molecule has 0 unspecified atom stereocenters. The summed E-state index contributed by atoms with van der Waals surface area (Å²) >= 11 is 5.91. The van der Waals surface area contributed by atoms with Gasteiger partial charge in [0, 0.05) is 16.1 Å². The minimum Gasteiger partial charge on any atom is -0.507 e. The van der Waals surface area contributed by atoms with Gasteiger partial charge in [0.15, 0.2) is 0 Å². The number of hydrogen-bond donors (Lipinski definition) is 3. The molecule has 32 heavy (non-hydrogen) atoms. The molecule has 0 aliphatic heterocycles. The average Bonchev–Trinajstić information content (AvgIpc) is 3.31. The topological polar surface area (TPSA) is 99.6 Å². The van der Waals surface area contributed by atoms with Crippen molar-refractivity contribution in [3.8, 4) is 22.8 Å². The van der Waals surface area contributed by atoms with E-state index >= 15 is 0 Å². The number of phenols is 1. The van der Waals surface area contributed by atoms with Crippen molar-refractivity contribution in [3.05, 3.63) is 101 Å². The first-order chi connectivity index (χ1) is 15.6. The molecule has 4 rings (SSSR count). The number of nitrogens with zero attached hydrogens (tertiary/aromatic N) is 2. The number of benzene rings is 3. The minimum absolute atomic E-state index is 0.0764. The highest BCUT2D eigenvalue weighted by atomic mass is 35.5. The zero-order valence-corrected chi connectivity index (χ0v) is 17.6. The molecular formula is C24H19ClN4O3. The molecule has 0 spiro atoms. The minimum atomic E-state index is -0.453. The number of para-hydroxylation sites is 1. The van der Waals surface area contributed by atoms with E-state index in [1.54, 1.807) is 24.3 Å². The Hall–Kier alpha value is -4.10. The van der Waals surface area contributed by atoms with Crippen LogP contribution in [-0.4, -0.2) is 27.4 Å². The maximum atomic E-state index is 12.3. The Morgan fingerprint density at radius 1 is 1.09 bits per heavy atom. The Balaban J connectivity index is 1.39. The first-order valence-electron chi connectivity index (χ1n) is 9.73. The molecule has 3 aromatic carbocycles. The molecule has 0 saturated heterocycles. The lowest BCUT2D eigenvalue weighted by Crippen LogP contribution is -2.18. The number of amides is 1. The molecule has 0 aliphatic rings. The van der Waals surface area contributed by atoms with E-state index in [9.17, 15) is 9.90 Å². The van der Waals surface area contributed by atoms with Gasteiger partial charge in [-0.2, -0.15) is 10.2 Å². The van der Waals surface area contributed by atoms with Crippen molar-refractivity contribution in [2.45, 2.75) is 6.61 Å². The van der Waals surface area contributed by atoms with E-state index in [0.29, 0.717) is 28.6 Å². The molecule has 0 atom stereocenters. The fraction of sp³-hybridized carbons (Fsp3) is 0.0417. The third-order valence-corrected chi connectivity index (χ3v) is 4.83. The summed E-state index contributed by atoms with van der Waals surface area (Å²) in [4.78, 5) is 12.3. The van der Waals surface area contributed by atoms with Gasteiger partial charge in [0.1, 0.15) is 23.8 Å². The van der Waals surface area contributed by atoms with E-state index in [-0.39, 0.29) is 11.4 Å². The van der Waals surface area contributed by atoms with Gasteiger partial charge >= 0.3 is 0 Å². The zero-order chi connectivity index (χ0) is 22.3. The zero-order valence-electron chi connectivity index (χ0n) is 16.8. The monoisotopic (exact) mass is 446 g/mol. The van der Waals surface area contributed by atoms with E-state index in [2.05, 4.69) is 20.7 Å². The predicted octanol–water partition coefficient (Wildman–Crippen LogP) is 4.78. The molecule has 160 valence electrons. The van der Waals surface area contributed by atoms with Gasteiger partial charge in [0.05, 0.1) is 11.9 Å². The SMILES string of the molecule is O=C(N/N=C/c1ccccc1O)c1cc(-c2cccc(OCc3ccc(Cl)cc3)c2)n[nH]1. The number of hydrazone groups is 1. The van der Waals surface area contributed by atoms with Gasteiger partial charge in [-0.15, -0.1) is 0 Å². The largest absolute Gasteiger partial charge is 0.507 e. The van der Waals surface area contributed by atoms with E-state index in [1.807, 2.05) is 48.5 Å². The number of aromatic amines is 1. The second-order valence-electron chi connectivity index (χ2n) is 6.87. The Labute approximate surface area is 189 Å². The van der Waals surface area contributed by atoms with E-state index in [1.165, 1.54) is 12.3 Å². The number of nitrogens with one attached hydrogen (secondary N) is 2. The Kier molecular flexibility index (Phi) is 6.48. The number of H-pyrrole nitrogens is 1. The summed E-state index contributed by atoms with van der Waals surface area (Å²) in [7, 11) is 0. The van der Waals surface area contributed by atoms with Gasteiger partial charge in [-0.05, 0) is 48.0 Å². The fourth-order valence-electron chi connectivity index (χ4n) is 2.90. The van der Waals surface area contributed by atoms with Crippen LogP contribution in [0.1, 0.15) is 21.6 Å². The number of carbonyl (C=O) groups is 1. The molecule has 1 aromatic heterocycles. The van der Waals surface area contributed by atoms with Crippen molar-refractivity contribution in [2.75, 3.05) is 0 Å². The summed E-state index contributed by atoms with van der Waals surface area (Å²) in [5.41, 5.74) is 5.55. The second kappa shape index (κ2) is 9.80. The molecule has 0 bridgehead atoms. The number of hydrogen-bond acceptors (Lipinski definition) is 5. The van der Waals surface area contributed by atoms with E-state index in [0.717, 1.165) is 11.1 Å². The molecule has 8 heteroatoms. The summed E-state index contributed by atoms with van der Waals surface area (Å²) in [6.45, 7) is 0.407. The second-order valence-corrected chi connectivity index (χ2v) is 7.30. The standard InChI is InChI=1S/C24H19ClN4O3/c25-19-10-8-16(9-11-19)15-32-20-6-3-5-17(12-20)21-13-22(28-27-21)24(31)29-26-14-18-4-1-2-7-23(18)30/h1-14,30H,15H2,(H,27,28)(H,29,31)/b26-14+. The Morgan fingerprint density at radius 2 is 1.91 bits per heavy atom. The molecule has 0 aliphatic carbocycles. The van der Waals surface area contributed by atoms with Gasteiger partial charge in [-0.3, -0.25) is 9.89 Å². The summed E-state index contributed by atoms with van der Waals surface area (Å²) in [5, 5.41) is 21.2. The number of phenolic OH excluding ortho intramolecular Hbond substituents is 1. The number of rotatable bonds is 7. The number of aromatic hydroxyl groups is 1. The summed E-state index contributed by atoms with van der Waals surface area (Å²) in [5.74, 6) is 0.303. The highest BCUT2D eigenvalue weighted by Gasteiger charge is 2.11. The van der Waals surface area contributed by atoms with Crippen LogP contribution in [0, 0.1) is 0 Å². The normalized spacial score (nSPS) is 10.9. The highest BCUT2D eigenvalue weighted by Crippen LogP contribution is 2.24. The number of halogens is 1. The first-order valence-corrected chi connectivity index (χ1v) is 10.1. The van der Waals surface area contributed by atoms with Crippen molar-refractivity contribution in [1.82, 2.24) is 15.6 Å². The Morgan fingerprint density at radius 3 is 2.72 bits per heavy atom. The van der Waals surface area contributed by atoms with Crippen molar-refractivity contribution < 1.29 is 14.6 Å². The van der Waals surface area contributed by atoms with Crippen molar-refractivity contribution in [1.29, 1.82) is 0 Å². The summed E-state index contributed by atoms with van der Waals surface area (Å²) < 4.78 is 5.85. The van der Waals surface area contributed by atoms with Gasteiger partial charge in [0.25, 0.3) is 5.91 Å². The van der Waals surface area contributed by atoms with Gasteiger partial charge in [-0.1, -0.05) is 48.0 Å². The van der Waals surface area contributed by atoms with Gasteiger partial charge in [-0.25, -0.2) is 5.43 Å². The molecule has 7 nitrogen and oxygen atoms in total. The predicted molar refractivity (Wildman–Crippen MR) is 123 cm³/mol. The maximum Gasteiger partial charge on any atom is 0.289 e. The van der Waals surface area contributed by atoms with Gasteiger partial charge in [0.2, 0.25) is 0 Å². The van der Waals surface area contributed by atoms with Crippen molar-refractivity contribution >= 4 is 23.7 Å². The van der Waals surface area contributed by atoms with Crippen LogP contribution in [0.2, 0.25) is 5.02 Å². The molecular weight excluding hydrogens is 428 g/mol. The number of carbonyl (C=O) groups excluding carboxylic acids is 1. The third kappa shape index (κ3) is 5.33. The van der Waals surface area contributed by atoms with Crippen LogP contribution in [0.3, 0.4) is 0 Å². The maximum absolute atomic E-state index is 12.3. The molecule has 1 amide bonds. The number of ether oxygens (including phenoxy) is 1. The van der Waals surface area contributed by atoms with Crippen LogP contribution in [0.4, 0.5) is 0 Å². The molecule has 0 saturated carbocycles. The average molecular weight is 447 g/mol. The lowest BCUT2D eigenvalue weighted by Gasteiger charge is -2.07. The highest BCUT2D eigenvalue weighted by molar-refractivity contribution is 6.30. The van der Waals surface area contributed by atoms with Crippen LogP contribution in [0.5, 0.6) is 11.5 Å². The van der Waals surface area contributed by atoms with Crippen molar-refractivity contribution in [3.63, 3.8) is 0 Å². The molecule has 3 N–H and O–H groups in total. The van der Waals surface area contributed by atoms with Crippen LogP contribution in [0.15, 0.2) is 84.0 Å². The number of aromatic nitrogens is 2. The molecule has 1 heterocycles. The third-order valence-electron chi connectivity index (χ3n) is 4.58. The summed E-state index contributed by atoms with van der Waals surface area (Å²) in [6, 6.07) is 23.2. The van der Waals surface area contributed by atoms with Crippen molar-refractivity contribution in [2.24, 2.45) is 5.10 Å². The van der Waals surface area contributed by atoms with Gasteiger partial charge < -0.3 is 9.84 Å². The lowest BCUT2D eigenvalue weighted by atomic mass is 10.1. The molecule has 4 aromatic rings. The lowest BCUT2D eigenvalue weighted by molar-refractivity contribution is 0.0950. The van der Waals surface area contributed by atoms with E-state index < -0.39 is 5.91 Å². The molecule has 0 radical (unpaired) electrons. The van der Waals surface area contributed by atoms with Crippen LogP contribution < -0.4 is 10.2 Å². The van der Waals surface area contributed by atoms with Crippen LogP contribution in [-0.2, 0) is 6.61 Å². The van der Waals surface area contributed by atoms with Crippen LogP contribution in [0.25, 0.3) is 11.3 Å². The van der Waals surface area contributed by atoms with E-state index in [4.69, 9.17) is 16.3 Å². The summed E-state index contributed by atoms with van der Waals surface area (Å²) in [6.07, 6.45) is 1.37.